The van der Waals surface area contributed by atoms with Crippen LogP contribution < -0.4 is 5.32 Å². The van der Waals surface area contributed by atoms with Crippen molar-refractivity contribution in [3.8, 4) is 0 Å². The minimum absolute atomic E-state index is 0.185. The third-order valence-electron chi connectivity index (χ3n) is 4.07. The molecule has 0 radical (unpaired) electrons. The summed E-state index contributed by atoms with van der Waals surface area (Å²) in [5, 5.41) is 7.30. The van der Waals surface area contributed by atoms with E-state index in [1.165, 1.54) is 42.8 Å². The highest BCUT2D eigenvalue weighted by atomic mass is 32.1. The molecule has 2 nitrogen and oxygen atoms in total. The molecule has 1 heterocycles. The number of rotatable bonds is 5. The maximum absolute atomic E-state index is 4.85. The van der Waals surface area contributed by atoms with Crippen molar-refractivity contribution in [3.05, 3.63) is 16.1 Å². The van der Waals surface area contributed by atoms with Gasteiger partial charge < -0.3 is 5.32 Å². The predicted octanol–water partition coefficient (Wildman–Crippen LogP) is 4.15. The van der Waals surface area contributed by atoms with Gasteiger partial charge in [0.1, 0.15) is 0 Å². The number of aromatic nitrogens is 1. The fraction of sp³-hybridized carbons (Fsp3) is 0.812. The van der Waals surface area contributed by atoms with Crippen LogP contribution in [0.4, 0.5) is 0 Å². The van der Waals surface area contributed by atoms with Crippen molar-refractivity contribution >= 4 is 11.3 Å². The first-order valence-electron chi connectivity index (χ1n) is 7.69. The summed E-state index contributed by atoms with van der Waals surface area (Å²) in [6.07, 6.45) is 6.49. The molecule has 2 atom stereocenters. The van der Waals surface area contributed by atoms with Gasteiger partial charge in [0.15, 0.2) is 0 Å². The second-order valence-electron chi connectivity index (χ2n) is 6.83. The topological polar surface area (TPSA) is 24.9 Å². The molecule has 0 aliphatic heterocycles. The molecule has 0 aromatic carbocycles. The van der Waals surface area contributed by atoms with Crippen LogP contribution in [0.1, 0.15) is 64.1 Å². The van der Waals surface area contributed by atoms with E-state index < -0.39 is 0 Å². The molecular formula is C16H28N2S. The standard InChI is InChI=1S/C16H28N2S/c1-5-9-17-13-8-6-7-12(13)10-15-18-14(11-19-15)16(2,3)4/h11-13,17H,5-10H2,1-4H3. The number of nitrogens with one attached hydrogen (secondary N) is 1. The number of hydrogen-bond acceptors (Lipinski definition) is 3. The summed E-state index contributed by atoms with van der Waals surface area (Å²) in [6, 6.07) is 0.724. The first-order valence-corrected chi connectivity index (χ1v) is 8.57. The van der Waals surface area contributed by atoms with E-state index >= 15 is 0 Å². The van der Waals surface area contributed by atoms with Crippen LogP contribution in [0.5, 0.6) is 0 Å². The van der Waals surface area contributed by atoms with Crippen LogP contribution in [-0.4, -0.2) is 17.6 Å². The Bertz CT molecular complexity index is 392. The summed E-state index contributed by atoms with van der Waals surface area (Å²) >= 11 is 1.85. The van der Waals surface area contributed by atoms with E-state index in [1.54, 1.807) is 0 Å². The van der Waals surface area contributed by atoms with Crippen molar-refractivity contribution in [1.82, 2.24) is 10.3 Å². The number of thiazole rings is 1. The lowest BCUT2D eigenvalue weighted by molar-refractivity contribution is 0.398. The zero-order chi connectivity index (χ0) is 13.9. The smallest absolute Gasteiger partial charge is 0.0931 e. The fourth-order valence-electron chi connectivity index (χ4n) is 2.85. The minimum Gasteiger partial charge on any atom is -0.314 e. The Hall–Kier alpha value is -0.410. The second-order valence-corrected chi connectivity index (χ2v) is 7.77. The van der Waals surface area contributed by atoms with Crippen LogP contribution in [0.2, 0.25) is 0 Å². The third-order valence-corrected chi connectivity index (χ3v) is 4.94. The quantitative estimate of drug-likeness (QED) is 0.876. The summed E-state index contributed by atoms with van der Waals surface area (Å²) in [5.74, 6) is 0.797. The van der Waals surface area contributed by atoms with Gasteiger partial charge in [-0.3, -0.25) is 0 Å². The molecule has 1 aliphatic rings. The second kappa shape index (κ2) is 6.36. The first-order chi connectivity index (χ1) is 9.00. The molecule has 0 bridgehead atoms. The van der Waals surface area contributed by atoms with Crippen LogP contribution in [0, 0.1) is 5.92 Å². The zero-order valence-corrected chi connectivity index (χ0v) is 13.6. The first kappa shape index (κ1) is 15.0. The molecule has 0 spiro atoms. The average Bonchev–Trinajstić information content (AvgIpc) is 2.95. The predicted molar refractivity (Wildman–Crippen MR) is 83.9 cm³/mol. The Morgan fingerprint density at radius 3 is 2.79 bits per heavy atom. The van der Waals surface area contributed by atoms with Crippen LogP contribution in [0.15, 0.2) is 5.38 Å². The third kappa shape index (κ3) is 4.03. The lowest BCUT2D eigenvalue weighted by Gasteiger charge is -2.20. The molecule has 1 fully saturated rings. The van der Waals surface area contributed by atoms with Crippen molar-refractivity contribution < 1.29 is 0 Å². The molecular weight excluding hydrogens is 252 g/mol. The molecule has 1 saturated carbocycles. The van der Waals surface area contributed by atoms with Gasteiger partial charge in [-0.2, -0.15) is 0 Å². The highest BCUT2D eigenvalue weighted by molar-refractivity contribution is 7.09. The van der Waals surface area contributed by atoms with E-state index in [9.17, 15) is 0 Å². The van der Waals surface area contributed by atoms with Gasteiger partial charge in [0.25, 0.3) is 0 Å². The maximum Gasteiger partial charge on any atom is 0.0931 e. The van der Waals surface area contributed by atoms with Crippen molar-refractivity contribution in [1.29, 1.82) is 0 Å². The number of hydrogen-bond donors (Lipinski definition) is 1. The van der Waals surface area contributed by atoms with Gasteiger partial charge in [-0.1, -0.05) is 34.1 Å². The molecule has 2 rings (SSSR count). The van der Waals surface area contributed by atoms with Crippen LogP contribution in [0.25, 0.3) is 0 Å². The largest absolute Gasteiger partial charge is 0.314 e. The summed E-state index contributed by atoms with van der Waals surface area (Å²) in [4.78, 5) is 4.85. The van der Waals surface area contributed by atoms with Crippen LogP contribution in [-0.2, 0) is 11.8 Å². The van der Waals surface area contributed by atoms with Crippen molar-refractivity contribution in [2.45, 2.75) is 71.3 Å². The Labute approximate surface area is 122 Å². The molecule has 1 N–H and O–H groups in total. The summed E-state index contributed by atoms with van der Waals surface area (Å²) in [6.45, 7) is 10.1. The zero-order valence-electron chi connectivity index (χ0n) is 12.8. The van der Waals surface area contributed by atoms with Crippen molar-refractivity contribution in [3.63, 3.8) is 0 Å². The van der Waals surface area contributed by atoms with E-state index in [0.717, 1.165) is 18.5 Å². The normalized spacial score (nSPS) is 24.0. The highest BCUT2D eigenvalue weighted by Crippen LogP contribution is 2.31. The van der Waals surface area contributed by atoms with Crippen molar-refractivity contribution in [2.75, 3.05) is 6.54 Å². The molecule has 0 amide bonds. The van der Waals surface area contributed by atoms with Crippen LogP contribution >= 0.6 is 11.3 Å². The molecule has 2 unspecified atom stereocenters. The fourth-order valence-corrected chi connectivity index (χ4v) is 3.97. The Kier molecular flexibility index (Phi) is 5.02. The summed E-state index contributed by atoms with van der Waals surface area (Å²) < 4.78 is 0. The number of nitrogens with zero attached hydrogens (tertiary/aromatic N) is 1. The molecule has 1 aliphatic carbocycles. The van der Waals surface area contributed by atoms with E-state index in [2.05, 4.69) is 38.4 Å². The van der Waals surface area contributed by atoms with E-state index in [1.807, 2.05) is 11.3 Å². The van der Waals surface area contributed by atoms with E-state index in [-0.39, 0.29) is 5.41 Å². The van der Waals surface area contributed by atoms with Gasteiger partial charge in [0.05, 0.1) is 10.7 Å². The van der Waals surface area contributed by atoms with Gasteiger partial charge in [0, 0.05) is 23.3 Å². The van der Waals surface area contributed by atoms with Gasteiger partial charge >= 0.3 is 0 Å². The van der Waals surface area contributed by atoms with Gasteiger partial charge in [-0.25, -0.2) is 4.98 Å². The van der Waals surface area contributed by atoms with Crippen LogP contribution in [0.3, 0.4) is 0 Å². The Balaban J connectivity index is 1.94. The Morgan fingerprint density at radius 1 is 1.37 bits per heavy atom. The SMILES string of the molecule is CCCNC1CCCC1Cc1nc(C(C)(C)C)cs1. The molecule has 19 heavy (non-hydrogen) atoms. The summed E-state index contributed by atoms with van der Waals surface area (Å²) in [5.41, 5.74) is 1.44. The molecule has 1 aromatic rings. The lowest BCUT2D eigenvalue weighted by Crippen LogP contribution is -2.33. The molecule has 0 saturated heterocycles. The average molecular weight is 280 g/mol. The molecule has 3 heteroatoms. The monoisotopic (exact) mass is 280 g/mol. The van der Waals surface area contributed by atoms with E-state index in [0.29, 0.717) is 0 Å². The van der Waals surface area contributed by atoms with E-state index in [4.69, 9.17) is 4.98 Å². The minimum atomic E-state index is 0.185. The van der Waals surface area contributed by atoms with Gasteiger partial charge in [0.2, 0.25) is 0 Å². The maximum atomic E-state index is 4.85. The van der Waals surface area contributed by atoms with Gasteiger partial charge in [-0.15, -0.1) is 11.3 Å². The van der Waals surface area contributed by atoms with Crippen molar-refractivity contribution in [2.24, 2.45) is 5.92 Å². The molecule has 108 valence electrons. The lowest BCUT2D eigenvalue weighted by atomic mass is 9.93. The molecule has 1 aromatic heterocycles. The summed E-state index contributed by atoms with van der Waals surface area (Å²) in [7, 11) is 0. The van der Waals surface area contributed by atoms with Gasteiger partial charge in [-0.05, 0) is 31.7 Å². The highest BCUT2D eigenvalue weighted by Gasteiger charge is 2.28. The Morgan fingerprint density at radius 2 is 2.16 bits per heavy atom.